The van der Waals surface area contributed by atoms with Gasteiger partial charge in [0.25, 0.3) is 5.91 Å². The Morgan fingerprint density at radius 2 is 1.94 bits per heavy atom. The highest BCUT2D eigenvalue weighted by Gasteiger charge is 2.12. The van der Waals surface area contributed by atoms with Gasteiger partial charge in [0.2, 0.25) is 0 Å². The lowest BCUT2D eigenvalue weighted by atomic mass is 10.2. The van der Waals surface area contributed by atoms with E-state index in [9.17, 15) is 4.79 Å². The number of anilines is 1. The fourth-order valence-electron chi connectivity index (χ4n) is 3.23. The molecule has 4 aromatic rings. The Labute approximate surface area is 213 Å². The van der Waals surface area contributed by atoms with Crippen molar-refractivity contribution in [2.75, 3.05) is 5.32 Å². The first-order valence-electron chi connectivity index (χ1n) is 10.0. The number of aryl methyl sites for hydroxylation is 1. The molecule has 0 aliphatic rings. The molecule has 170 valence electrons. The highest BCUT2D eigenvalue weighted by molar-refractivity contribution is 9.10. The van der Waals surface area contributed by atoms with E-state index in [2.05, 4.69) is 47.4 Å². The van der Waals surface area contributed by atoms with Crippen molar-refractivity contribution >= 4 is 55.1 Å². The van der Waals surface area contributed by atoms with Crippen LogP contribution in [0.25, 0.3) is 0 Å². The van der Waals surface area contributed by atoms with Gasteiger partial charge in [-0.2, -0.15) is 10.2 Å². The number of halogens is 3. The van der Waals surface area contributed by atoms with Crippen LogP contribution >= 0.6 is 43.5 Å². The summed E-state index contributed by atoms with van der Waals surface area (Å²) in [7, 11) is 0. The molecule has 4 rings (SSSR count). The molecule has 0 saturated heterocycles. The molecule has 0 saturated carbocycles. The quantitative estimate of drug-likeness (QED) is 0.277. The second-order valence-electron chi connectivity index (χ2n) is 7.39. The second kappa shape index (κ2) is 10.1. The number of carbonyl (C=O) groups excluding carboxylic acids is 1. The van der Waals surface area contributed by atoms with Crippen molar-refractivity contribution in [1.29, 1.82) is 0 Å². The summed E-state index contributed by atoms with van der Waals surface area (Å²) in [5.74, 6) is 0.333. The van der Waals surface area contributed by atoms with Crippen LogP contribution in [-0.2, 0) is 13.3 Å². The van der Waals surface area contributed by atoms with Gasteiger partial charge in [-0.05, 0) is 87.7 Å². The molecule has 0 unspecified atom stereocenters. The fraction of sp³-hybridized carbons (Fsp3) is 0.174. The Balaban J connectivity index is 1.39. The number of aromatic nitrogens is 4. The van der Waals surface area contributed by atoms with E-state index < -0.39 is 0 Å². The molecule has 0 bridgehead atoms. The molecule has 0 aliphatic carbocycles. The van der Waals surface area contributed by atoms with Gasteiger partial charge in [0, 0.05) is 16.9 Å². The third-order valence-electron chi connectivity index (χ3n) is 4.93. The Morgan fingerprint density at radius 3 is 2.67 bits per heavy atom. The van der Waals surface area contributed by atoms with Gasteiger partial charge >= 0.3 is 0 Å². The van der Waals surface area contributed by atoms with Gasteiger partial charge in [-0.15, -0.1) is 0 Å². The van der Waals surface area contributed by atoms with Crippen LogP contribution in [0.4, 0.5) is 5.69 Å². The average Bonchev–Trinajstić information content (AvgIpc) is 3.34. The van der Waals surface area contributed by atoms with Gasteiger partial charge in [0.15, 0.2) is 12.4 Å². The van der Waals surface area contributed by atoms with E-state index in [1.165, 1.54) is 0 Å². The van der Waals surface area contributed by atoms with Gasteiger partial charge in [-0.25, -0.2) is 4.68 Å². The minimum Gasteiger partial charge on any atom is -0.470 e. The summed E-state index contributed by atoms with van der Waals surface area (Å²) in [6, 6.07) is 14.6. The largest absolute Gasteiger partial charge is 0.470 e. The van der Waals surface area contributed by atoms with Crippen LogP contribution in [0.5, 0.6) is 5.75 Å². The molecule has 1 N–H and O–H groups in total. The van der Waals surface area contributed by atoms with Crippen LogP contribution in [0, 0.1) is 13.8 Å². The van der Waals surface area contributed by atoms with Gasteiger partial charge in [0.05, 0.1) is 26.9 Å². The fourth-order valence-corrected chi connectivity index (χ4v) is 4.31. The lowest BCUT2D eigenvalue weighted by Gasteiger charge is -2.09. The number of benzene rings is 2. The van der Waals surface area contributed by atoms with E-state index in [4.69, 9.17) is 16.3 Å². The summed E-state index contributed by atoms with van der Waals surface area (Å²) in [5, 5.41) is 12.4. The van der Waals surface area contributed by atoms with Gasteiger partial charge in [-0.1, -0.05) is 23.7 Å². The monoisotopic (exact) mass is 591 g/mol. The topological polar surface area (TPSA) is 74.0 Å². The van der Waals surface area contributed by atoms with Gasteiger partial charge < -0.3 is 10.1 Å². The number of hydrogen-bond donors (Lipinski definition) is 1. The van der Waals surface area contributed by atoms with Crippen LogP contribution < -0.4 is 10.1 Å². The highest BCUT2D eigenvalue weighted by atomic mass is 79.9. The van der Waals surface area contributed by atoms with E-state index in [1.807, 2.05) is 42.8 Å². The lowest BCUT2D eigenvalue weighted by Crippen LogP contribution is -2.14. The summed E-state index contributed by atoms with van der Waals surface area (Å²) in [6.07, 6.45) is 1.69. The molecule has 0 atom stereocenters. The molecule has 1 amide bonds. The number of amides is 1. The average molecular weight is 594 g/mol. The van der Waals surface area contributed by atoms with Crippen molar-refractivity contribution in [2.45, 2.75) is 27.1 Å². The molecule has 2 aromatic heterocycles. The zero-order valence-electron chi connectivity index (χ0n) is 17.8. The maximum absolute atomic E-state index is 12.7. The molecule has 2 aromatic carbocycles. The smallest absolute Gasteiger partial charge is 0.276 e. The zero-order chi connectivity index (χ0) is 23.5. The minimum atomic E-state index is -0.299. The van der Waals surface area contributed by atoms with Crippen molar-refractivity contribution in [3.05, 3.63) is 91.3 Å². The first-order chi connectivity index (χ1) is 15.8. The number of nitrogens with zero attached hydrogens (tertiary/aromatic N) is 4. The molecule has 0 radical (unpaired) electrons. The van der Waals surface area contributed by atoms with E-state index in [-0.39, 0.29) is 12.6 Å². The number of ether oxygens (including phenoxy) is 1. The summed E-state index contributed by atoms with van der Waals surface area (Å²) in [6.45, 7) is 4.74. The maximum Gasteiger partial charge on any atom is 0.276 e. The summed E-state index contributed by atoms with van der Waals surface area (Å²) in [5.41, 5.74) is 4.01. The van der Waals surface area contributed by atoms with Crippen LogP contribution in [0.15, 0.2) is 63.7 Å². The SMILES string of the molecule is Cc1nn(Cc2cccc(NC(=O)c3ccn(COc4ccc(Cl)cc4Br)n3)c2)c(C)c1Br. The summed E-state index contributed by atoms with van der Waals surface area (Å²) < 4.78 is 11.0. The predicted octanol–water partition coefficient (Wildman–Crippen LogP) is 6.21. The Morgan fingerprint density at radius 1 is 1.12 bits per heavy atom. The van der Waals surface area contributed by atoms with Crippen LogP contribution in [-0.4, -0.2) is 25.5 Å². The molecule has 33 heavy (non-hydrogen) atoms. The minimum absolute atomic E-state index is 0.154. The Hall–Kier alpha value is -2.62. The molecule has 7 nitrogen and oxygen atoms in total. The molecular weight excluding hydrogens is 574 g/mol. The third-order valence-corrected chi connectivity index (χ3v) is 6.93. The van der Waals surface area contributed by atoms with Crippen LogP contribution in [0.2, 0.25) is 5.02 Å². The van der Waals surface area contributed by atoms with Crippen molar-refractivity contribution in [2.24, 2.45) is 0 Å². The van der Waals surface area contributed by atoms with Crippen LogP contribution in [0.1, 0.15) is 27.4 Å². The van der Waals surface area contributed by atoms with E-state index in [0.717, 1.165) is 25.9 Å². The third kappa shape index (κ3) is 5.66. The maximum atomic E-state index is 12.7. The van der Waals surface area contributed by atoms with Gasteiger partial charge in [-0.3, -0.25) is 9.48 Å². The van der Waals surface area contributed by atoms with E-state index in [1.54, 1.807) is 35.1 Å². The Kier molecular flexibility index (Phi) is 7.21. The second-order valence-corrected chi connectivity index (χ2v) is 9.47. The van der Waals surface area contributed by atoms with Crippen LogP contribution in [0.3, 0.4) is 0 Å². The molecular formula is C23H20Br2ClN5O2. The number of hydrogen-bond acceptors (Lipinski definition) is 4. The first-order valence-corrected chi connectivity index (χ1v) is 12.0. The molecule has 0 fully saturated rings. The first kappa shape index (κ1) is 23.5. The normalized spacial score (nSPS) is 10.9. The van der Waals surface area contributed by atoms with Crippen molar-refractivity contribution in [3.63, 3.8) is 0 Å². The standard InChI is InChI=1S/C23H20Br2ClN5O2/c1-14-22(25)15(2)31(28-14)12-16-4-3-5-18(10-16)27-23(32)20-8-9-30(29-20)13-33-21-7-6-17(26)11-19(21)24/h3-11H,12-13H2,1-2H3,(H,27,32). The zero-order valence-corrected chi connectivity index (χ0v) is 21.8. The van der Waals surface area contributed by atoms with E-state index >= 15 is 0 Å². The summed E-state index contributed by atoms with van der Waals surface area (Å²) in [4.78, 5) is 12.7. The van der Waals surface area contributed by atoms with E-state index in [0.29, 0.717) is 28.7 Å². The predicted molar refractivity (Wildman–Crippen MR) is 135 cm³/mol. The molecule has 2 heterocycles. The highest BCUT2D eigenvalue weighted by Crippen LogP contribution is 2.28. The number of nitrogens with one attached hydrogen (secondary N) is 1. The van der Waals surface area contributed by atoms with Crippen molar-refractivity contribution < 1.29 is 9.53 Å². The summed E-state index contributed by atoms with van der Waals surface area (Å²) >= 11 is 12.9. The van der Waals surface area contributed by atoms with Crippen molar-refractivity contribution in [3.8, 4) is 5.75 Å². The Bertz CT molecular complexity index is 1320. The van der Waals surface area contributed by atoms with Gasteiger partial charge in [0.1, 0.15) is 5.75 Å². The lowest BCUT2D eigenvalue weighted by molar-refractivity contribution is 0.102. The molecule has 0 spiro atoms. The molecule has 10 heteroatoms. The van der Waals surface area contributed by atoms with Crippen molar-refractivity contribution in [1.82, 2.24) is 19.6 Å². The number of carbonyl (C=O) groups is 1. The number of rotatable bonds is 7. The molecule has 0 aliphatic heterocycles.